The van der Waals surface area contributed by atoms with Crippen molar-refractivity contribution in [2.45, 2.75) is 20.8 Å². The number of hydrogen-bond acceptors (Lipinski definition) is 4. The van der Waals surface area contributed by atoms with E-state index >= 15 is 0 Å². The summed E-state index contributed by atoms with van der Waals surface area (Å²) in [4.78, 5) is 14.0. The molecule has 0 spiro atoms. The minimum Gasteiger partial charge on any atom is -0.350 e. The largest absolute Gasteiger partial charge is 0.350 e. The Morgan fingerprint density at radius 2 is 2.20 bits per heavy atom. The van der Waals surface area contributed by atoms with Crippen molar-refractivity contribution < 1.29 is 4.92 Å². The zero-order chi connectivity index (χ0) is 15.5. The molecule has 0 aliphatic heterocycles. The Labute approximate surface area is 123 Å². The maximum Gasteiger partial charge on any atom is 0.310 e. The number of nitrogens with zero attached hydrogens (tertiary/aromatic N) is 2. The van der Waals surface area contributed by atoms with Crippen LogP contribution in [0.15, 0.2) is 48.8 Å². The average molecular weight is 296 g/mol. The first-order chi connectivity index (χ1) is 9.58. The van der Waals surface area contributed by atoms with Gasteiger partial charge in [-0.1, -0.05) is 44.2 Å². The number of anilines is 1. The van der Waals surface area contributed by atoms with Gasteiger partial charge in [0.1, 0.15) is 17.0 Å². The summed E-state index contributed by atoms with van der Waals surface area (Å²) < 4.78 is 0. The van der Waals surface area contributed by atoms with Crippen LogP contribution in [0.2, 0.25) is 5.15 Å². The van der Waals surface area contributed by atoms with Gasteiger partial charge in [-0.15, -0.1) is 0 Å². The van der Waals surface area contributed by atoms with Gasteiger partial charge in [0, 0.05) is 11.8 Å². The summed E-state index contributed by atoms with van der Waals surface area (Å²) in [5, 5.41) is 13.9. The van der Waals surface area contributed by atoms with Crippen molar-refractivity contribution in [3.8, 4) is 0 Å². The van der Waals surface area contributed by atoms with Crippen molar-refractivity contribution in [1.82, 2.24) is 4.98 Å². The zero-order valence-corrected chi connectivity index (χ0v) is 12.5. The van der Waals surface area contributed by atoms with Crippen LogP contribution >= 0.6 is 11.6 Å². The van der Waals surface area contributed by atoms with Crippen LogP contribution in [0.1, 0.15) is 20.8 Å². The second kappa shape index (κ2) is 9.75. The first-order valence-electron chi connectivity index (χ1n) is 6.11. The van der Waals surface area contributed by atoms with Gasteiger partial charge >= 0.3 is 5.69 Å². The molecule has 0 bridgehead atoms. The number of hydrogen-bond donors (Lipinski definition) is 1. The van der Waals surface area contributed by atoms with Crippen LogP contribution in [-0.4, -0.2) is 9.91 Å². The highest BCUT2D eigenvalue weighted by atomic mass is 35.5. The van der Waals surface area contributed by atoms with E-state index in [1.807, 2.05) is 26.8 Å². The average Bonchev–Trinajstić information content (AvgIpc) is 2.45. The Bertz CT molecular complexity index is 525. The maximum absolute atomic E-state index is 10.8. The SMILES string of the molecule is C=C/C(=C\C=C/C)Nc1cc(Cl)ncc1[N+](=O)[O-].CC. The van der Waals surface area contributed by atoms with Crippen LogP contribution in [0.5, 0.6) is 0 Å². The van der Waals surface area contributed by atoms with Crippen LogP contribution in [0.4, 0.5) is 11.4 Å². The van der Waals surface area contributed by atoms with Crippen molar-refractivity contribution in [3.63, 3.8) is 0 Å². The van der Waals surface area contributed by atoms with Gasteiger partial charge in [0.15, 0.2) is 0 Å². The molecule has 0 aliphatic carbocycles. The lowest BCUT2D eigenvalue weighted by Crippen LogP contribution is -2.01. The van der Waals surface area contributed by atoms with Gasteiger partial charge in [-0.3, -0.25) is 10.1 Å². The summed E-state index contributed by atoms with van der Waals surface area (Å²) in [6.45, 7) is 9.49. The molecule has 1 heterocycles. The van der Waals surface area contributed by atoms with E-state index in [1.165, 1.54) is 6.07 Å². The third-order valence-electron chi connectivity index (χ3n) is 2.01. The highest BCUT2D eigenvalue weighted by molar-refractivity contribution is 6.29. The van der Waals surface area contributed by atoms with Crippen LogP contribution in [0, 0.1) is 10.1 Å². The molecule has 0 fully saturated rings. The molecule has 20 heavy (non-hydrogen) atoms. The van der Waals surface area contributed by atoms with Crippen molar-refractivity contribution >= 4 is 23.0 Å². The Morgan fingerprint density at radius 1 is 1.55 bits per heavy atom. The monoisotopic (exact) mass is 295 g/mol. The molecule has 0 unspecified atom stereocenters. The smallest absolute Gasteiger partial charge is 0.310 e. The zero-order valence-electron chi connectivity index (χ0n) is 11.8. The number of halogens is 1. The van der Waals surface area contributed by atoms with E-state index in [-0.39, 0.29) is 16.5 Å². The van der Waals surface area contributed by atoms with E-state index in [9.17, 15) is 10.1 Å². The lowest BCUT2D eigenvalue weighted by molar-refractivity contribution is -0.384. The number of allylic oxidation sites excluding steroid dienone is 4. The molecule has 5 nitrogen and oxygen atoms in total. The van der Waals surface area contributed by atoms with Crippen molar-refractivity contribution in [2.24, 2.45) is 0 Å². The molecular weight excluding hydrogens is 278 g/mol. The van der Waals surface area contributed by atoms with E-state index in [2.05, 4.69) is 16.9 Å². The van der Waals surface area contributed by atoms with Gasteiger partial charge < -0.3 is 5.32 Å². The van der Waals surface area contributed by atoms with Gasteiger partial charge in [-0.25, -0.2) is 4.98 Å². The van der Waals surface area contributed by atoms with Gasteiger partial charge in [-0.2, -0.15) is 0 Å². The molecule has 0 aromatic carbocycles. The number of nitro groups is 1. The molecule has 108 valence electrons. The molecule has 1 aromatic rings. The Morgan fingerprint density at radius 3 is 2.70 bits per heavy atom. The summed E-state index contributed by atoms with van der Waals surface area (Å²) in [6, 6.07) is 1.40. The third kappa shape index (κ3) is 5.67. The predicted molar refractivity (Wildman–Crippen MR) is 84.0 cm³/mol. The minimum absolute atomic E-state index is 0.146. The van der Waals surface area contributed by atoms with Crippen LogP contribution < -0.4 is 5.32 Å². The van der Waals surface area contributed by atoms with Gasteiger partial charge in [0.2, 0.25) is 0 Å². The Kier molecular flexibility index (Phi) is 8.70. The quantitative estimate of drug-likeness (QED) is 0.369. The van der Waals surface area contributed by atoms with Gasteiger partial charge in [-0.05, 0) is 19.1 Å². The molecule has 0 amide bonds. The Balaban J connectivity index is 0.00000172. The summed E-state index contributed by atoms with van der Waals surface area (Å²) in [5.74, 6) is 0. The molecule has 0 saturated heterocycles. The highest BCUT2D eigenvalue weighted by Gasteiger charge is 2.15. The molecule has 0 radical (unpaired) electrons. The predicted octanol–water partition coefficient (Wildman–Crippen LogP) is 4.73. The lowest BCUT2D eigenvalue weighted by atomic mass is 10.3. The fourth-order valence-electron chi connectivity index (χ4n) is 1.18. The highest BCUT2D eigenvalue weighted by Crippen LogP contribution is 2.26. The number of rotatable bonds is 5. The van der Waals surface area contributed by atoms with Crippen molar-refractivity contribution in [2.75, 3.05) is 5.32 Å². The molecule has 1 aromatic heterocycles. The van der Waals surface area contributed by atoms with Crippen LogP contribution in [0.25, 0.3) is 0 Å². The molecule has 0 atom stereocenters. The standard InChI is InChI=1S/C12H12ClN3O2.C2H6/c1-3-5-6-9(4-2)15-10-7-12(13)14-8-11(10)16(17)18;1-2/h3-8H,2H2,1H3,(H,14,15);1-2H3/b5-3-,9-6+;. The summed E-state index contributed by atoms with van der Waals surface area (Å²) in [5.41, 5.74) is 0.752. The number of nitrogens with one attached hydrogen (secondary N) is 1. The van der Waals surface area contributed by atoms with E-state index in [0.29, 0.717) is 5.70 Å². The second-order valence-corrected chi connectivity index (χ2v) is 3.65. The molecule has 0 saturated carbocycles. The summed E-state index contributed by atoms with van der Waals surface area (Å²) in [6.07, 6.45) is 8.03. The van der Waals surface area contributed by atoms with Crippen LogP contribution in [0.3, 0.4) is 0 Å². The summed E-state index contributed by atoms with van der Waals surface area (Å²) in [7, 11) is 0. The van der Waals surface area contributed by atoms with E-state index in [4.69, 9.17) is 11.6 Å². The fraction of sp³-hybridized carbons (Fsp3) is 0.214. The normalized spacial score (nSPS) is 10.7. The summed E-state index contributed by atoms with van der Waals surface area (Å²) >= 11 is 5.72. The topological polar surface area (TPSA) is 68.1 Å². The molecule has 6 heteroatoms. The maximum atomic E-state index is 10.8. The number of pyridine rings is 1. The first kappa shape index (κ1) is 17.9. The van der Waals surface area contributed by atoms with E-state index < -0.39 is 4.92 Å². The minimum atomic E-state index is -0.526. The molecule has 1 N–H and O–H groups in total. The van der Waals surface area contributed by atoms with Gasteiger partial charge in [0.25, 0.3) is 0 Å². The fourth-order valence-corrected chi connectivity index (χ4v) is 1.34. The van der Waals surface area contributed by atoms with Crippen molar-refractivity contribution in [1.29, 1.82) is 0 Å². The molecular formula is C14H18ClN3O2. The van der Waals surface area contributed by atoms with E-state index in [0.717, 1.165) is 6.20 Å². The second-order valence-electron chi connectivity index (χ2n) is 3.26. The van der Waals surface area contributed by atoms with E-state index in [1.54, 1.807) is 18.2 Å². The van der Waals surface area contributed by atoms with Crippen molar-refractivity contribution in [3.05, 3.63) is 64.1 Å². The Hall–Kier alpha value is -2.14. The third-order valence-corrected chi connectivity index (χ3v) is 2.22. The molecule has 1 rings (SSSR count). The lowest BCUT2D eigenvalue weighted by Gasteiger charge is -2.07. The number of aromatic nitrogens is 1. The van der Waals surface area contributed by atoms with Gasteiger partial charge in [0.05, 0.1) is 4.92 Å². The van der Waals surface area contributed by atoms with Crippen LogP contribution in [-0.2, 0) is 0 Å². The first-order valence-corrected chi connectivity index (χ1v) is 6.48. The molecule has 0 aliphatic rings.